The molecular weight excluding hydrogens is 424 g/mol. The van der Waals surface area contributed by atoms with E-state index in [0.29, 0.717) is 0 Å². The summed E-state index contributed by atoms with van der Waals surface area (Å²) in [5, 5.41) is 53.6. The van der Waals surface area contributed by atoms with Crippen molar-refractivity contribution in [3.8, 4) is 0 Å². The fraction of sp³-hybridized carbons (Fsp3) is 1.00. The van der Waals surface area contributed by atoms with Crippen LogP contribution in [0.3, 0.4) is 0 Å². The minimum atomic E-state index is 0. The van der Waals surface area contributed by atoms with Gasteiger partial charge >= 0.3 is 21.1 Å². The third kappa shape index (κ3) is 24800. The summed E-state index contributed by atoms with van der Waals surface area (Å²) in [7, 11) is 0. The second-order valence-electron chi connectivity index (χ2n) is 1.73. The van der Waals surface area contributed by atoms with E-state index in [0.717, 1.165) is 0 Å². The van der Waals surface area contributed by atoms with Crippen LogP contribution in [-0.2, 0) is 21.1 Å². The third-order valence-electron chi connectivity index (χ3n) is 0. The Morgan fingerprint density at radius 1 is 0.368 bits per heavy atom. The number of hydrogen-bond acceptors (Lipinski definition) is 6. The first kappa shape index (κ1) is 42.7. The van der Waals surface area contributed by atoms with Gasteiger partial charge in [0.25, 0.3) is 0 Å². The molecule has 0 aromatic heterocycles. The topological polar surface area (TPSA) is 138 Å². The molecule has 0 saturated heterocycles. The Labute approximate surface area is 133 Å². The molecule has 0 aliphatic carbocycles. The first-order valence-electron chi connectivity index (χ1n) is 5.97. The van der Waals surface area contributed by atoms with E-state index < -0.39 is 0 Å². The smallest absolute Gasteiger partial charge is 0.855 e. The van der Waals surface area contributed by atoms with Crippen LogP contribution in [-0.4, -0.2) is 39.6 Å². The summed E-state index contributed by atoms with van der Waals surface area (Å²) in [5.41, 5.74) is 0. The Balaban J connectivity index is -0.0000000180. The second kappa shape index (κ2) is 135. The minimum absolute atomic E-state index is 0. The van der Waals surface area contributed by atoms with Gasteiger partial charge in [0.05, 0.1) is 0 Å². The van der Waals surface area contributed by atoms with Crippen LogP contribution < -0.4 is 30.6 Å². The predicted molar refractivity (Wildman–Crippen MR) is 63.2 cm³/mol. The first-order chi connectivity index (χ1) is 8.49. The van der Waals surface area contributed by atoms with Crippen LogP contribution >= 0.6 is 0 Å². The van der Waals surface area contributed by atoms with Crippen LogP contribution in [0.1, 0.15) is 41.5 Å². The van der Waals surface area contributed by atoms with Crippen LogP contribution in [0.15, 0.2) is 0 Å². The summed E-state index contributed by atoms with van der Waals surface area (Å²) in [6.07, 6.45) is 0. The van der Waals surface area contributed by atoms with Gasteiger partial charge in [-0.05, 0) is 0 Å². The summed E-state index contributed by atoms with van der Waals surface area (Å²) < 4.78 is 0. The molecule has 19 heavy (non-hydrogen) atoms. The molecule has 0 bridgehead atoms. The van der Waals surface area contributed by atoms with E-state index in [1.165, 1.54) is 0 Å². The molecule has 120 valence electrons. The first-order valence-corrected chi connectivity index (χ1v) is 5.97. The third-order valence-corrected chi connectivity index (χ3v) is 0. The Hall–Kier alpha value is 0.448. The molecule has 6 nitrogen and oxygen atoms in total. The van der Waals surface area contributed by atoms with Crippen LogP contribution in [0.4, 0.5) is 0 Å². The van der Waals surface area contributed by atoms with Crippen molar-refractivity contribution in [1.29, 1.82) is 0 Å². The predicted octanol–water partition coefficient (Wildman–Crippen LogP) is -3.80. The van der Waals surface area contributed by atoms with Crippen molar-refractivity contribution in [1.82, 2.24) is 0 Å². The van der Waals surface area contributed by atoms with Crippen molar-refractivity contribution in [3.05, 3.63) is 0 Å². The minimum Gasteiger partial charge on any atom is -0.855 e. The molecule has 0 aliphatic rings. The molecule has 0 heterocycles. The van der Waals surface area contributed by atoms with Gasteiger partial charge in [-0.15, -0.1) is 39.6 Å². The van der Waals surface area contributed by atoms with Crippen molar-refractivity contribution in [2.45, 2.75) is 41.5 Å². The van der Waals surface area contributed by atoms with Gasteiger partial charge in [0.2, 0.25) is 0 Å². The van der Waals surface area contributed by atoms with Gasteiger partial charge in [0, 0.05) is 0 Å². The van der Waals surface area contributed by atoms with Gasteiger partial charge in [-0.2, -0.15) is 0 Å². The van der Waals surface area contributed by atoms with Crippen molar-refractivity contribution in [2.75, 3.05) is 39.6 Å². The van der Waals surface area contributed by atoms with Gasteiger partial charge in [0.15, 0.2) is 0 Å². The molecule has 0 aromatic carbocycles. The molecule has 0 spiro atoms. The van der Waals surface area contributed by atoms with Crippen molar-refractivity contribution >= 4 is 0 Å². The molecule has 0 atom stereocenters. The number of hydrogen-bond donors (Lipinski definition) is 0. The maximum Gasteiger partial charge on any atom is 6.00 e. The molecule has 0 rings (SSSR count). The van der Waals surface area contributed by atoms with E-state index in [-0.39, 0.29) is 60.7 Å². The Morgan fingerprint density at radius 2 is 0.368 bits per heavy atom. The molecular formula is C12H30O6W. The SMILES string of the molecule is CC[O-].CC[O-].CC[O-].CC[O-].CC[O-].CC[O-].[W+6]. The molecule has 0 N–H and O–H groups in total. The van der Waals surface area contributed by atoms with Crippen LogP contribution in [0.2, 0.25) is 0 Å². The molecule has 0 fully saturated rings. The van der Waals surface area contributed by atoms with Gasteiger partial charge in [-0.3, -0.25) is 0 Å². The van der Waals surface area contributed by atoms with Crippen molar-refractivity contribution < 1.29 is 51.7 Å². The fourth-order valence-corrected chi connectivity index (χ4v) is 0. The van der Waals surface area contributed by atoms with Gasteiger partial charge in [-0.1, -0.05) is 41.5 Å². The zero-order chi connectivity index (χ0) is 16.2. The Morgan fingerprint density at radius 3 is 0.368 bits per heavy atom. The van der Waals surface area contributed by atoms with Gasteiger partial charge in [0.1, 0.15) is 0 Å². The number of rotatable bonds is 0. The van der Waals surface area contributed by atoms with E-state index in [9.17, 15) is 0 Å². The monoisotopic (exact) mass is 454 g/mol. The van der Waals surface area contributed by atoms with Gasteiger partial charge in [-0.25, -0.2) is 0 Å². The molecule has 0 unspecified atom stereocenters. The van der Waals surface area contributed by atoms with Crippen molar-refractivity contribution in [2.24, 2.45) is 0 Å². The Bertz CT molecular complexity index is 37.7. The maximum absolute atomic E-state index is 8.93. The summed E-state index contributed by atoms with van der Waals surface area (Å²) >= 11 is 0. The molecule has 0 amide bonds. The maximum atomic E-state index is 8.93. The van der Waals surface area contributed by atoms with Crippen LogP contribution in [0.25, 0.3) is 0 Å². The molecule has 0 radical (unpaired) electrons. The molecule has 0 aromatic rings. The van der Waals surface area contributed by atoms with E-state index in [2.05, 4.69) is 0 Å². The summed E-state index contributed by atoms with van der Waals surface area (Å²) in [6.45, 7) is 9.42. The van der Waals surface area contributed by atoms with Gasteiger partial charge < -0.3 is 30.6 Å². The Kier molecular flexibility index (Phi) is 304. The van der Waals surface area contributed by atoms with E-state index >= 15 is 0 Å². The average Bonchev–Trinajstić information content (AvgIpc) is 2.23. The molecule has 7 heteroatoms. The zero-order valence-electron chi connectivity index (χ0n) is 13.1. The quantitative estimate of drug-likeness (QED) is 0.368. The zero-order valence-corrected chi connectivity index (χ0v) is 16.0. The molecule has 0 saturated carbocycles. The van der Waals surface area contributed by atoms with E-state index in [1.54, 1.807) is 41.5 Å². The normalized spacial score (nSPS) is 5.68. The second-order valence-corrected chi connectivity index (χ2v) is 1.73. The van der Waals surface area contributed by atoms with Crippen molar-refractivity contribution in [3.63, 3.8) is 0 Å². The molecule has 0 aliphatic heterocycles. The van der Waals surface area contributed by atoms with Crippen LogP contribution in [0.5, 0.6) is 0 Å². The van der Waals surface area contributed by atoms with E-state index in [4.69, 9.17) is 30.6 Å². The summed E-state index contributed by atoms with van der Waals surface area (Å²) in [5.74, 6) is 0. The summed E-state index contributed by atoms with van der Waals surface area (Å²) in [4.78, 5) is 0. The average molecular weight is 454 g/mol. The standard InChI is InChI=1S/6C2H5O.W/c6*1-2-3;/h6*2H2,1H3;/q6*-1;+6. The summed E-state index contributed by atoms with van der Waals surface area (Å²) in [6, 6.07) is 0. The van der Waals surface area contributed by atoms with Crippen LogP contribution in [0, 0.1) is 0 Å². The largest absolute Gasteiger partial charge is 6.00 e. The fourth-order valence-electron chi connectivity index (χ4n) is 0. The van der Waals surface area contributed by atoms with E-state index in [1.807, 2.05) is 0 Å².